The van der Waals surface area contributed by atoms with Gasteiger partial charge in [0.2, 0.25) is 0 Å². The Balaban J connectivity index is 2.25. The van der Waals surface area contributed by atoms with E-state index in [4.69, 9.17) is 4.74 Å². The average molecular weight is 208 g/mol. The molecule has 0 fully saturated rings. The smallest absolute Gasteiger partial charge is 0.130 e. The molecule has 78 valence electrons. The molecule has 1 aliphatic heterocycles. The molecule has 1 heteroatoms. The molecule has 0 bridgehead atoms. The Bertz CT molecular complexity index is 593. The van der Waals surface area contributed by atoms with Crippen molar-refractivity contribution < 1.29 is 4.74 Å². The third kappa shape index (κ3) is 1.33. The Kier molecular flexibility index (Phi) is 2.03. The number of fused-ring (bicyclic) bond motifs is 3. The molecule has 1 aliphatic rings. The molecule has 16 heavy (non-hydrogen) atoms. The topological polar surface area (TPSA) is 9.23 Å². The molecule has 0 amide bonds. The molecule has 0 atom stereocenters. The summed E-state index contributed by atoms with van der Waals surface area (Å²) in [6, 6.07) is 12.5. The maximum Gasteiger partial charge on any atom is 0.130 e. The number of allylic oxidation sites excluding steroid dienone is 2. The van der Waals surface area contributed by atoms with E-state index in [-0.39, 0.29) is 0 Å². The monoisotopic (exact) mass is 208 g/mol. The van der Waals surface area contributed by atoms with Gasteiger partial charge in [0.1, 0.15) is 5.75 Å². The van der Waals surface area contributed by atoms with E-state index >= 15 is 0 Å². The van der Waals surface area contributed by atoms with Crippen LogP contribution in [-0.4, -0.2) is 0 Å². The standard InChI is InChI=1S/C15H12O/c1-2-11-9-14-13-6-4-3-5-12(13)7-8-15(14)16-10-11/h2-8,10H,1,9H2. The summed E-state index contributed by atoms with van der Waals surface area (Å²) in [7, 11) is 0. The summed E-state index contributed by atoms with van der Waals surface area (Å²) in [6.45, 7) is 3.79. The van der Waals surface area contributed by atoms with E-state index in [9.17, 15) is 0 Å². The van der Waals surface area contributed by atoms with Crippen molar-refractivity contribution in [3.05, 3.63) is 66.5 Å². The SMILES string of the molecule is C=CC1=COc2ccc3ccccc3c2C1. The molecule has 1 heterocycles. The predicted molar refractivity (Wildman–Crippen MR) is 66.6 cm³/mol. The van der Waals surface area contributed by atoms with Crippen LogP contribution in [0, 0.1) is 0 Å². The van der Waals surface area contributed by atoms with E-state index in [1.54, 1.807) is 6.26 Å². The molecular formula is C15H12O. The van der Waals surface area contributed by atoms with Crippen LogP contribution in [0.1, 0.15) is 5.56 Å². The minimum Gasteiger partial charge on any atom is -0.464 e. The molecule has 0 saturated heterocycles. The number of ether oxygens (including phenoxy) is 1. The molecule has 0 saturated carbocycles. The van der Waals surface area contributed by atoms with Gasteiger partial charge in [0.15, 0.2) is 0 Å². The van der Waals surface area contributed by atoms with Crippen molar-refractivity contribution in [3.8, 4) is 5.75 Å². The van der Waals surface area contributed by atoms with Crippen LogP contribution in [0.3, 0.4) is 0 Å². The molecule has 1 nitrogen and oxygen atoms in total. The predicted octanol–water partition coefficient (Wildman–Crippen LogP) is 3.84. The quantitative estimate of drug-likeness (QED) is 0.691. The van der Waals surface area contributed by atoms with Gasteiger partial charge in [-0.2, -0.15) is 0 Å². The van der Waals surface area contributed by atoms with Gasteiger partial charge in [-0.1, -0.05) is 43.0 Å². The van der Waals surface area contributed by atoms with Gasteiger partial charge in [-0.15, -0.1) is 0 Å². The summed E-state index contributed by atoms with van der Waals surface area (Å²) >= 11 is 0. The summed E-state index contributed by atoms with van der Waals surface area (Å²) in [6.07, 6.45) is 4.54. The summed E-state index contributed by atoms with van der Waals surface area (Å²) in [5, 5.41) is 2.53. The number of benzene rings is 2. The minimum absolute atomic E-state index is 0.903. The van der Waals surface area contributed by atoms with Gasteiger partial charge in [-0.25, -0.2) is 0 Å². The largest absolute Gasteiger partial charge is 0.464 e. The lowest BCUT2D eigenvalue weighted by molar-refractivity contribution is 0.461. The van der Waals surface area contributed by atoms with Gasteiger partial charge >= 0.3 is 0 Å². The molecule has 0 N–H and O–H groups in total. The van der Waals surface area contributed by atoms with E-state index in [0.717, 1.165) is 17.7 Å². The second-order valence-corrected chi connectivity index (χ2v) is 3.95. The lowest BCUT2D eigenvalue weighted by atomic mass is 9.96. The van der Waals surface area contributed by atoms with Crippen LogP contribution in [0.4, 0.5) is 0 Å². The first-order valence-electron chi connectivity index (χ1n) is 5.37. The molecule has 0 spiro atoms. The molecular weight excluding hydrogens is 196 g/mol. The Labute approximate surface area is 94.7 Å². The second kappa shape index (κ2) is 3.53. The third-order valence-electron chi connectivity index (χ3n) is 2.98. The van der Waals surface area contributed by atoms with E-state index in [0.29, 0.717) is 0 Å². The highest BCUT2D eigenvalue weighted by Crippen LogP contribution is 2.33. The fourth-order valence-corrected chi connectivity index (χ4v) is 2.11. The molecule has 0 unspecified atom stereocenters. The van der Waals surface area contributed by atoms with Crippen molar-refractivity contribution in [1.82, 2.24) is 0 Å². The van der Waals surface area contributed by atoms with E-state index in [1.165, 1.54) is 16.3 Å². The fourth-order valence-electron chi connectivity index (χ4n) is 2.11. The zero-order chi connectivity index (χ0) is 11.0. The van der Waals surface area contributed by atoms with Crippen LogP contribution in [0.25, 0.3) is 10.8 Å². The van der Waals surface area contributed by atoms with E-state index < -0.39 is 0 Å². The van der Waals surface area contributed by atoms with Crippen molar-refractivity contribution in [1.29, 1.82) is 0 Å². The van der Waals surface area contributed by atoms with Crippen LogP contribution >= 0.6 is 0 Å². The van der Waals surface area contributed by atoms with Gasteiger partial charge in [-0.05, 0) is 22.4 Å². The van der Waals surface area contributed by atoms with Crippen molar-refractivity contribution in [3.63, 3.8) is 0 Å². The Morgan fingerprint density at radius 2 is 2.00 bits per heavy atom. The average Bonchev–Trinajstić information content (AvgIpc) is 2.38. The normalized spacial score (nSPS) is 13.9. The zero-order valence-electron chi connectivity index (χ0n) is 8.94. The van der Waals surface area contributed by atoms with Gasteiger partial charge in [-0.3, -0.25) is 0 Å². The summed E-state index contributed by atoms with van der Waals surface area (Å²) in [5.74, 6) is 0.962. The molecule has 2 aromatic rings. The second-order valence-electron chi connectivity index (χ2n) is 3.95. The fraction of sp³-hybridized carbons (Fsp3) is 0.0667. The highest BCUT2D eigenvalue weighted by atomic mass is 16.5. The van der Waals surface area contributed by atoms with Crippen molar-refractivity contribution in [2.45, 2.75) is 6.42 Å². The maximum atomic E-state index is 5.60. The highest BCUT2D eigenvalue weighted by molar-refractivity contribution is 5.88. The van der Waals surface area contributed by atoms with Crippen LogP contribution in [0.5, 0.6) is 5.75 Å². The molecule has 0 aromatic heterocycles. The van der Waals surface area contributed by atoms with Gasteiger partial charge in [0.25, 0.3) is 0 Å². The molecule has 0 aliphatic carbocycles. The number of hydrogen-bond donors (Lipinski definition) is 0. The molecule has 3 rings (SSSR count). The third-order valence-corrected chi connectivity index (χ3v) is 2.98. The number of hydrogen-bond acceptors (Lipinski definition) is 1. The lowest BCUT2D eigenvalue weighted by Gasteiger charge is -2.17. The van der Waals surface area contributed by atoms with Crippen LogP contribution in [-0.2, 0) is 6.42 Å². The van der Waals surface area contributed by atoms with Crippen molar-refractivity contribution >= 4 is 10.8 Å². The van der Waals surface area contributed by atoms with Gasteiger partial charge < -0.3 is 4.74 Å². The highest BCUT2D eigenvalue weighted by Gasteiger charge is 2.13. The summed E-state index contributed by atoms with van der Waals surface area (Å²) in [4.78, 5) is 0. The first kappa shape index (κ1) is 9.22. The first-order valence-corrected chi connectivity index (χ1v) is 5.37. The van der Waals surface area contributed by atoms with Crippen LogP contribution in [0.2, 0.25) is 0 Å². The van der Waals surface area contributed by atoms with Crippen molar-refractivity contribution in [2.75, 3.05) is 0 Å². The van der Waals surface area contributed by atoms with Crippen LogP contribution in [0.15, 0.2) is 60.9 Å². The molecule has 2 aromatic carbocycles. The van der Waals surface area contributed by atoms with Crippen molar-refractivity contribution in [2.24, 2.45) is 0 Å². The van der Waals surface area contributed by atoms with E-state index in [1.807, 2.05) is 12.1 Å². The Hall–Kier alpha value is -2.02. The molecule has 0 radical (unpaired) electrons. The minimum atomic E-state index is 0.903. The first-order chi connectivity index (χ1) is 7.88. The zero-order valence-corrected chi connectivity index (χ0v) is 8.94. The summed E-state index contributed by atoms with van der Waals surface area (Å²) < 4.78 is 5.60. The van der Waals surface area contributed by atoms with E-state index in [2.05, 4.69) is 36.9 Å². The van der Waals surface area contributed by atoms with Gasteiger partial charge in [0.05, 0.1) is 6.26 Å². The number of rotatable bonds is 1. The summed E-state index contributed by atoms with van der Waals surface area (Å²) in [5.41, 5.74) is 2.39. The van der Waals surface area contributed by atoms with Gasteiger partial charge in [0, 0.05) is 12.0 Å². The Morgan fingerprint density at radius 3 is 2.88 bits per heavy atom. The van der Waals surface area contributed by atoms with Crippen LogP contribution < -0.4 is 4.74 Å². The maximum absolute atomic E-state index is 5.60. The lowest BCUT2D eigenvalue weighted by Crippen LogP contribution is -2.01. The Morgan fingerprint density at radius 1 is 1.12 bits per heavy atom.